The second-order valence-corrected chi connectivity index (χ2v) is 7.20. The molecule has 1 N–H and O–H groups in total. The van der Waals surface area contributed by atoms with Crippen LogP contribution in [0, 0.1) is 0 Å². The van der Waals surface area contributed by atoms with E-state index in [4.69, 9.17) is 9.47 Å². The Hall–Kier alpha value is -2.74. The molecular formula is C20H23N3O4S. The van der Waals surface area contributed by atoms with Gasteiger partial charge in [-0.25, -0.2) is 14.6 Å². The predicted octanol–water partition coefficient (Wildman–Crippen LogP) is 3.88. The van der Waals surface area contributed by atoms with Gasteiger partial charge in [0, 0.05) is 0 Å². The minimum Gasteiger partial charge on any atom is -0.462 e. The van der Waals surface area contributed by atoms with E-state index >= 15 is 0 Å². The summed E-state index contributed by atoms with van der Waals surface area (Å²) in [4.78, 5) is 31.5. The van der Waals surface area contributed by atoms with E-state index in [1.807, 2.05) is 12.1 Å². The van der Waals surface area contributed by atoms with Gasteiger partial charge in [-0.2, -0.15) is 0 Å². The summed E-state index contributed by atoms with van der Waals surface area (Å²) < 4.78 is 12.1. The smallest absolute Gasteiger partial charge is 0.354 e. The van der Waals surface area contributed by atoms with Crippen LogP contribution >= 0.6 is 11.8 Å². The van der Waals surface area contributed by atoms with Crippen LogP contribution in [0.15, 0.2) is 35.5 Å². The summed E-state index contributed by atoms with van der Waals surface area (Å²) in [5.74, 6) is 0.160. The first-order valence-electron chi connectivity index (χ1n) is 9.22. The van der Waals surface area contributed by atoms with E-state index in [1.165, 1.54) is 0 Å². The molecule has 2 aromatic heterocycles. The lowest BCUT2D eigenvalue weighted by Crippen LogP contribution is -2.06. The van der Waals surface area contributed by atoms with Crippen molar-refractivity contribution in [1.82, 2.24) is 14.5 Å². The summed E-state index contributed by atoms with van der Waals surface area (Å²) in [6.45, 7) is 6.86. The highest BCUT2D eigenvalue weighted by atomic mass is 32.2. The SMILES string of the molecule is CCOC(=O)c1ccc(Cn2c(SCC)nc3[nH]c(C(=O)OCC)cc32)cc1. The Labute approximate surface area is 167 Å². The number of esters is 2. The highest BCUT2D eigenvalue weighted by Gasteiger charge is 2.18. The van der Waals surface area contributed by atoms with Gasteiger partial charge in [0.25, 0.3) is 0 Å². The molecule has 0 amide bonds. The third kappa shape index (κ3) is 4.22. The molecule has 1 aromatic carbocycles. The Bertz CT molecular complexity index is 975. The van der Waals surface area contributed by atoms with Crippen LogP contribution in [-0.4, -0.2) is 45.4 Å². The number of thioether (sulfide) groups is 1. The van der Waals surface area contributed by atoms with Crippen molar-refractivity contribution in [2.45, 2.75) is 32.5 Å². The van der Waals surface area contributed by atoms with Crippen molar-refractivity contribution in [2.75, 3.05) is 19.0 Å². The molecule has 7 nitrogen and oxygen atoms in total. The van der Waals surface area contributed by atoms with Crippen LogP contribution < -0.4 is 0 Å². The molecule has 0 bridgehead atoms. The minimum absolute atomic E-state index is 0.319. The van der Waals surface area contributed by atoms with Gasteiger partial charge in [-0.15, -0.1) is 0 Å². The molecule has 3 rings (SSSR count). The van der Waals surface area contributed by atoms with Crippen molar-refractivity contribution in [3.63, 3.8) is 0 Å². The summed E-state index contributed by atoms with van der Waals surface area (Å²) in [7, 11) is 0. The molecule has 0 aliphatic rings. The Balaban J connectivity index is 1.90. The van der Waals surface area contributed by atoms with E-state index in [0.29, 0.717) is 36.7 Å². The monoisotopic (exact) mass is 401 g/mol. The van der Waals surface area contributed by atoms with Gasteiger partial charge in [-0.3, -0.25) is 0 Å². The number of nitrogens with zero attached hydrogens (tertiary/aromatic N) is 2. The van der Waals surface area contributed by atoms with Crippen molar-refractivity contribution in [3.05, 3.63) is 47.2 Å². The molecule has 0 fully saturated rings. The molecule has 0 unspecified atom stereocenters. The van der Waals surface area contributed by atoms with Crippen LogP contribution in [0.3, 0.4) is 0 Å². The van der Waals surface area contributed by atoms with E-state index in [-0.39, 0.29) is 5.97 Å². The average Bonchev–Trinajstić information content (AvgIpc) is 3.22. The summed E-state index contributed by atoms with van der Waals surface area (Å²) in [5.41, 5.74) is 3.43. The van der Waals surface area contributed by atoms with Crippen molar-refractivity contribution in [1.29, 1.82) is 0 Å². The Morgan fingerprint density at radius 2 is 1.75 bits per heavy atom. The summed E-state index contributed by atoms with van der Waals surface area (Å²) in [5, 5.41) is 0.869. The molecule has 0 spiro atoms. The van der Waals surface area contributed by atoms with Crippen molar-refractivity contribution < 1.29 is 19.1 Å². The van der Waals surface area contributed by atoms with Crippen LogP contribution in [-0.2, 0) is 16.0 Å². The number of fused-ring (bicyclic) bond motifs is 1. The van der Waals surface area contributed by atoms with Gasteiger partial charge in [0.15, 0.2) is 10.8 Å². The van der Waals surface area contributed by atoms with Crippen molar-refractivity contribution in [3.8, 4) is 0 Å². The quantitative estimate of drug-likeness (QED) is 0.455. The van der Waals surface area contributed by atoms with Gasteiger partial charge in [0.1, 0.15) is 5.69 Å². The maximum Gasteiger partial charge on any atom is 0.354 e. The van der Waals surface area contributed by atoms with E-state index < -0.39 is 5.97 Å². The summed E-state index contributed by atoms with van der Waals surface area (Å²) in [6, 6.07) is 9.09. The van der Waals surface area contributed by atoms with Gasteiger partial charge in [0.05, 0.1) is 30.8 Å². The number of aromatic nitrogens is 3. The number of H-pyrrole nitrogens is 1. The number of aromatic amines is 1. The fraction of sp³-hybridized carbons (Fsp3) is 0.350. The molecule has 0 atom stereocenters. The number of imidazole rings is 1. The number of nitrogens with one attached hydrogen (secondary N) is 1. The zero-order valence-corrected chi connectivity index (χ0v) is 17.0. The van der Waals surface area contributed by atoms with Crippen molar-refractivity contribution >= 4 is 34.9 Å². The first kappa shape index (κ1) is 20.0. The fourth-order valence-electron chi connectivity index (χ4n) is 2.84. The Morgan fingerprint density at radius 3 is 2.39 bits per heavy atom. The minimum atomic E-state index is -0.393. The number of ether oxygens (including phenoxy) is 2. The molecule has 148 valence electrons. The van der Waals surface area contributed by atoms with Gasteiger partial charge in [-0.05, 0) is 43.4 Å². The normalized spacial score (nSPS) is 11.0. The van der Waals surface area contributed by atoms with Crippen LogP contribution in [0.4, 0.5) is 0 Å². The van der Waals surface area contributed by atoms with E-state index in [1.54, 1.807) is 43.8 Å². The molecule has 3 aromatic rings. The number of carbonyl (C=O) groups is 2. The first-order valence-corrected chi connectivity index (χ1v) is 10.2. The van der Waals surface area contributed by atoms with Crippen LogP contribution in [0.1, 0.15) is 47.2 Å². The molecule has 0 aliphatic carbocycles. The highest BCUT2D eigenvalue weighted by molar-refractivity contribution is 7.99. The maximum absolute atomic E-state index is 12.0. The first-order chi connectivity index (χ1) is 13.6. The summed E-state index contributed by atoms with van der Waals surface area (Å²) in [6.07, 6.45) is 0. The molecule has 0 aliphatic heterocycles. The van der Waals surface area contributed by atoms with Crippen LogP contribution in [0.5, 0.6) is 0 Å². The number of hydrogen-bond donors (Lipinski definition) is 1. The standard InChI is InChI=1S/C20H23N3O4S/c1-4-26-18(24)14-9-7-13(8-10-14)12-23-16-11-15(19(25)27-5-2)21-17(16)22-20(23)28-6-3/h7-11,21H,4-6,12H2,1-3H3. The predicted molar refractivity (Wildman–Crippen MR) is 108 cm³/mol. The maximum atomic E-state index is 12.0. The van der Waals surface area contributed by atoms with E-state index in [2.05, 4.69) is 21.5 Å². The van der Waals surface area contributed by atoms with Gasteiger partial charge < -0.3 is 19.0 Å². The van der Waals surface area contributed by atoms with Crippen LogP contribution in [0.2, 0.25) is 0 Å². The fourth-order valence-corrected chi connectivity index (χ4v) is 3.57. The molecule has 2 heterocycles. The second-order valence-electron chi connectivity index (χ2n) is 5.97. The summed E-state index contributed by atoms with van der Waals surface area (Å²) >= 11 is 1.63. The molecule has 28 heavy (non-hydrogen) atoms. The lowest BCUT2D eigenvalue weighted by Gasteiger charge is -2.09. The molecule has 0 saturated carbocycles. The van der Waals surface area contributed by atoms with Gasteiger partial charge >= 0.3 is 11.9 Å². The van der Waals surface area contributed by atoms with E-state index in [9.17, 15) is 9.59 Å². The Morgan fingerprint density at radius 1 is 1.07 bits per heavy atom. The zero-order valence-electron chi connectivity index (χ0n) is 16.2. The third-order valence-corrected chi connectivity index (χ3v) is 4.94. The topological polar surface area (TPSA) is 86.2 Å². The molecular weight excluding hydrogens is 378 g/mol. The number of hydrogen-bond acceptors (Lipinski definition) is 6. The van der Waals surface area contributed by atoms with E-state index in [0.717, 1.165) is 22.0 Å². The van der Waals surface area contributed by atoms with Crippen molar-refractivity contribution in [2.24, 2.45) is 0 Å². The van der Waals surface area contributed by atoms with Gasteiger partial charge in [0.2, 0.25) is 0 Å². The number of benzene rings is 1. The lowest BCUT2D eigenvalue weighted by molar-refractivity contribution is 0.0513. The molecule has 8 heteroatoms. The molecule has 0 saturated heterocycles. The van der Waals surface area contributed by atoms with Gasteiger partial charge in [-0.1, -0.05) is 30.8 Å². The number of carbonyl (C=O) groups excluding carboxylic acids is 2. The number of rotatable bonds is 8. The average molecular weight is 401 g/mol. The Kier molecular flexibility index (Phi) is 6.41. The zero-order chi connectivity index (χ0) is 20.1. The highest BCUT2D eigenvalue weighted by Crippen LogP contribution is 2.26. The second kappa shape index (κ2) is 8.97. The molecule has 0 radical (unpaired) electrons. The van der Waals surface area contributed by atoms with Crippen LogP contribution in [0.25, 0.3) is 11.2 Å². The lowest BCUT2D eigenvalue weighted by atomic mass is 10.1. The largest absolute Gasteiger partial charge is 0.462 e. The third-order valence-electron chi connectivity index (χ3n) is 4.08.